The largest absolute Gasteiger partial charge is 0.454 e. The van der Waals surface area contributed by atoms with Gasteiger partial charge in [0.25, 0.3) is 0 Å². The Morgan fingerprint density at radius 2 is 0.940 bits per heavy atom. The van der Waals surface area contributed by atoms with E-state index in [1.165, 1.54) is 0 Å². The minimum Gasteiger partial charge on any atom is -0.454 e. The van der Waals surface area contributed by atoms with Crippen LogP contribution in [0.2, 0.25) is 0 Å². The first-order valence-corrected chi connectivity index (χ1v) is 16.7. The highest BCUT2D eigenvalue weighted by molar-refractivity contribution is 6.25. The maximum atomic E-state index is 6.81. The molecule has 5 heteroatoms. The van der Waals surface area contributed by atoms with Gasteiger partial charge in [-0.05, 0) is 40.5 Å². The van der Waals surface area contributed by atoms with Crippen molar-refractivity contribution in [2.24, 2.45) is 0 Å². The molecule has 0 aliphatic carbocycles. The van der Waals surface area contributed by atoms with E-state index < -0.39 is 0 Å². The first-order chi connectivity index (χ1) is 24.8. The second-order valence-corrected chi connectivity index (χ2v) is 12.4. The highest BCUT2D eigenvalue weighted by Crippen LogP contribution is 2.45. The molecule has 0 spiro atoms. The van der Waals surface area contributed by atoms with E-state index in [-0.39, 0.29) is 0 Å². The first-order valence-electron chi connectivity index (χ1n) is 16.7. The van der Waals surface area contributed by atoms with Gasteiger partial charge in [0.2, 0.25) is 5.95 Å². The summed E-state index contributed by atoms with van der Waals surface area (Å²) in [6, 6.07) is 58.5. The Balaban J connectivity index is 1.29. The second-order valence-electron chi connectivity index (χ2n) is 12.4. The maximum Gasteiger partial charge on any atom is 0.238 e. The van der Waals surface area contributed by atoms with E-state index >= 15 is 0 Å². The molecule has 0 saturated heterocycles. The minimum atomic E-state index is 0.529. The van der Waals surface area contributed by atoms with Crippen LogP contribution in [0.4, 0.5) is 0 Å². The van der Waals surface area contributed by atoms with Crippen molar-refractivity contribution >= 4 is 43.7 Å². The third kappa shape index (κ3) is 4.52. The summed E-state index contributed by atoms with van der Waals surface area (Å²) < 4.78 is 8.97. The fraction of sp³-hybridized carbons (Fsp3) is 0. The van der Waals surface area contributed by atoms with Crippen molar-refractivity contribution in [1.29, 1.82) is 0 Å². The van der Waals surface area contributed by atoms with Gasteiger partial charge in [-0.2, -0.15) is 9.97 Å². The summed E-state index contributed by atoms with van der Waals surface area (Å²) in [5.74, 6) is 1.73. The van der Waals surface area contributed by atoms with E-state index in [0.29, 0.717) is 17.6 Å². The van der Waals surface area contributed by atoms with Crippen LogP contribution < -0.4 is 0 Å². The van der Waals surface area contributed by atoms with Gasteiger partial charge in [-0.15, -0.1) is 0 Å². The predicted molar refractivity (Wildman–Crippen MR) is 203 cm³/mol. The van der Waals surface area contributed by atoms with Crippen molar-refractivity contribution in [3.05, 3.63) is 170 Å². The van der Waals surface area contributed by atoms with E-state index in [4.69, 9.17) is 19.4 Å². The van der Waals surface area contributed by atoms with Crippen LogP contribution in [0.1, 0.15) is 0 Å². The molecule has 0 fully saturated rings. The Bertz CT molecular complexity index is 2840. The lowest BCUT2D eigenvalue weighted by Crippen LogP contribution is -2.06. The zero-order chi connectivity index (χ0) is 33.0. The van der Waals surface area contributed by atoms with Crippen molar-refractivity contribution in [1.82, 2.24) is 19.5 Å². The van der Waals surface area contributed by atoms with Crippen molar-refractivity contribution in [2.45, 2.75) is 0 Å². The molecule has 0 atom stereocenters. The Hall–Kier alpha value is -6.85. The van der Waals surface area contributed by atoms with E-state index in [1.807, 2.05) is 48.5 Å². The third-order valence-corrected chi connectivity index (χ3v) is 9.47. The van der Waals surface area contributed by atoms with Gasteiger partial charge in [0.1, 0.15) is 11.1 Å². The fourth-order valence-electron chi connectivity index (χ4n) is 7.14. The summed E-state index contributed by atoms with van der Waals surface area (Å²) in [7, 11) is 0. The van der Waals surface area contributed by atoms with Crippen LogP contribution in [0.15, 0.2) is 174 Å². The molecule has 0 aliphatic heterocycles. The molecular formula is C45H28N4O. The molecule has 0 saturated carbocycles. The van der Waals surface area contributed by atoms with E-state index in [1.54, 1.807) is 0 Å². The highest BCUT2D eigenvalue weighted by Gasteiger charge is 2.24. The van der Waals surface area contributed by atoms with Crippen LogP contribution in [-0.4, -0.2) is 19.5 Å². The number of aromatic nitrogens is 4. The Kier molecular flexibility index (Phi) is 6.42. The first kappa shape index (κ1) is 28.2. The molecule has 5 nitrogen and oxygen atoms in total. The van der Waals surface area contributed by atoms with Crippen molar-refractivity contribution in [2.75, 3.05) is 0 Å². The Morgan fingerprint density at radius 1 is 0.420 bits per heavy atom. The van der Waals surface area contributed by atoms with E-state index in [0.717, 1.165) is 77.1 Å². The van der Waals surface area contributed by atoms with Gasteiger partial charge in [-0.25, -0.2) is 4.98 Å². The van der Waals surface area contributed by atoms with E-state index in [9.17, 15) is 0 Å². The normalized spacial score (nSPS) is 11.6. The zero-order valence-corrected chi connectivity index (χ0v) is 26.9. The van der Waals surface area contributed by atoms with Crippen molar-refractivity contribution in [3.63, 3.8) is 0 Å². The summed E-state index contributed by atoms with van der Waals surface area (Å²) >= 11 is 0. The van der Waals surface area contributed by atoms with Crippen LogP contribution in [0.25, 0.3) is 94.7 Å². The monoisotopic (exact) mass is 640 g/mol. The number of furan rings is 1. The summed E-state index contributed by atoms with van der Waals surface area (Å²) in [6.45, 7) is 0. The standard InChI is InChI=1S/C45H28N4O/c1-4-14-29(15-5-1)30-24-26-33(27-25-30)44-46-43(32-18-8-3-9-19-32)47-45(48-44)49-38-22-12-10-20-34(38)37-28-36(31-16-6-2-7-17-31)40-35-21-11-13-23-39(35)50-42(40)41(37)49/h1-28H. The average molecular weight is 641 g/mol. The molecule has 10 rings (SSSR count). The third-order valence-electron chi connectivity index (χ3n) is 9.47. The number of fused-ring (bicyclic) bond motifs is 7. The molecule has 0 aliphatic rings. The van der Waals surface area contributed by atoms with Crippen LogP contribution in [-0.2, 0) is 0 Å². The molecule has 0 N–H and O–H groups in total. The molecule has 3 heterocycles. The summed E-state index contributed by atoms with van der Waals surface area (Å²) in [4.78, 5) is 15.4. The Morgan fingerprint density at radius 3 is 1.64 bits per heavy atom. The van der Waals surface area contributed by atoms with Gasteiger partial charge >= 0.3 is 0 Å². The summed E-state index contributed by atoms with van der Waals surface area (Å²) in [5, 5.41) is 4.30. The van der Waals surface area contributed by atoms with Crippen LogP contribution >= 0.6 is 0 Å². The van der Waals surface area contributed by atoms with Gasteiger partial charge in [0.15, 0.2) is 17.2 Å². The van der Waals surface area contributed by atoms with Gasteiger partial charge < -0.3 is 4.42 Å². The minimum absolute atomic E-state index is 0.529. The number of rotatable bonds is 5. The number of para-hydroxylation sites is 2. The molecule has 0 amide bonds. The molecule has 3 aromatic heterocycles. The smallest absolute Gasteiger partial charge is 0.238 e. The van der Waals surface area contributed by atoms with Crippen molar-refractivity contribution < 1.29 is 4.42 Å². The van der Waals surface area contributed by atoms with Crippen LogP contribution in [0.5, 0.6) is 0 Å². The predicted octanol–water partition coefficient (Wildman–Crippen LogP) is 11.5. The lowest BCUT2D eigenvalue weighted by Gasteiger charge is -2.12. The van der Waals surface area contributed by atoms with E-state index in [2.05, 4.69) is 126 Å². The van der Waals surface area contributed by atoms with Crippen LogP contribution in [0, 0.1) is 0 Å². The molecular weight excluding hydrogens is 613 g/mol. The van der Waals surface area contributed by atoms with Gasteiger partial charge in [-0.1, -0.05) is 152 Å². The molecule has 0 radical (unpaired) electrons. The maximum absolute atomic E-state index is 6.81. The van der Waals surface area contributed by atoms with Gasteiger partial charge in [0, 0.05) is 32.7 Å². The molecule has 10 aromatic rings. The molecule has 0 bridgehead atoms. The Labute approximate surface area is 287 Å². The SMILES string of the molecule is c1ccc(-c2ccc(-c3nc(-c4ccccc4)nc(-n4c5ccccc5c5cc(-c6ccccc6)c6c7ccccc7oc6c54)n3)cc2)cc1. The zero-order valence-electron chi connectivity index (χ0n) is 26.9. The molecule has 50 heavy (non-hydrogen) atoms. The molecule has 234 valence electrons. The lowest BCUT2D eigenvalue weighted by molar-refractivity contribution is 0.671. The lowest BCUT2D eigenvalue weighted by atomic mass is 9.97. The summed E-state index contributed by atoms with van der Waals surface area (Å²) in [6.07, 6.45) is 0. The topological polar surface area (TPSA) is 56.7 Å². The van der Waals surface area contributed by atoms with Crippen molar-refractivity contribution in [3.8, 4) is 51.0 Å². The number of hydrogen-bond donors (Lipinski definition) is 0. The fourth-order valence-corrected chi connectivity index (χ4v) is 7.14. The molecule has 0 unspecified atom stereocenters. The second kappa shape index (κ2) is 11.4. The quantitative estimate of drug-likeness (QED) is 0.188. The number of nitrogens with zero attached hydrogens (tertiary/aromatic N) is 4. The van der Waals surface area contributed by atoms with Crippen LogP contribution in [0.3, 0.4) is 0 Å². The number of hydrogen-bond acceptors (Lipinski definition) is 4. The summed E-state index contributed by atoms with van der Waals surface area (Å²) in [5.41, 5.74) is 9.93. The van der Waals surface area contributed by atoms with Gasteiger partial charge in [-0.3, -0.25) is 4.57 Å². The average Bonchev–Trinajstić information content (AvgIpc) is 3.75. The van der Waals surface area contributed by atoms with Gasteiger partial charge in [0.05, 0.1) is 5.52 Å². The highest BCUT2D eigenvalue weighted by atomic mass is 16.3. The number of benzene rings is 7. The molecule has 7 aromatic carbocycles.